The van der Waals surface area contributed by atoms with Crippen LogP contribution in [0.4, 0.5) is 0 Å². The number of esters is 1. The largest absolute Gasteiger partial charge is 0.461 e. The van der Waals surface area contributed by atoms with E-state index in [2.05, 4.69) is 32.6 Å². The number of carbonyl (C=O) groups excluding carboxylic acids is 2. The van der Waals surface area contributed by atoms with Crippen molar-refractivity contribution in [1.82, 2.24) is 0 Å². The van der Waals surface area contributed by atoms with Crippen molar-refractivity contribution >= 4 is 24.4 Å². The van der Waals surface area contributed by atoms with E-state index < -0.39 is 5.60 Å². The molecule has 0 radical (unpaired) electrons. The summed E-state index contributed by atoms with van der Waals surface area (Å²) in [5, 5.41) is 0.460. The van der Waals surface area contributed by atoms with E-state index in [0.29, 0.717) is 23.0 Å². The first-order chi connectivity index (χ1) is 13.5. The van der Waals surface area contributed by atoms with Gasteiger partial charge in [-0.05, 0) is 90.0 Å². The maximum Gasteiger partial charge on any atom is 0.338 e. The molecule has 0 amide bonds. The van der Waals surface area contributed by atoms with E-state index in [4.69, 9.17) is 9.47 Å². The third-order valence-electron chi connectivity index (χ3n) is 6.37. The maximum atomic E-state index is 12.5. The Bertz CT molecular complexity index is 578. The van der Waals surface area contributed by atoms with Gasteiger partial charge < -0.3 is 9.47 Å². The van der Waals surface area contributed by atoms with Crippen molar-refractivity contribution < 1.29 is 19.1 Å². The average molecular weight is 425 g/mol. The second-order valence-electron chi connectivity index (χ2n) is 10.00. The van der Waals surface area contributed by atoms with E-state index in [1.54, 1.807) is 13.8 Å². The Labute approximate surface area is 182 Å². The molecule has 0 N–H and O–H groups in total. The summed E-state index contributed by atoms with van der Waals surface area (Å²) < 4.78 is 11.6. The minimum Gasteiger partial charge on any atom is -0.461 e. The Morgan fingerprint density at radius 1 is 1.03 bits per heavy atom. The molecule has 2 atom stereocenters. The molecular weight excluding hydrogens is 384 g/mol. The van der Waals surface area contributed by atoms with Crippen LogP contribution in [0, 0.1) is 23.7 Å². The quantitative estimate of drug-likeness (QED) is 0.338. The molecule has 0 heterocycles. The smallest absolute Gasteiger partial charge is 0.338 e. The number of ketones is 1. The molecule has 0 aromatic carbocycles. The summed E-state index contributed by atoms with van der Waals surface area (Å²) in [5.74, 6) is 1.16. The molecule has 166 valence electrons. The fourth-order valence-electron chi connectivity index (χ4n) is 4.74. The van der Waals surface area contributed by atoms with Gasteiger partial charge in [0.05, 0.1) is 12.2 Å². The molecule has 2 saturated carbocycles. The van der Waals surface area contributed by atoms with Gasteiger partial charge in [-0.25, -0.2) is 4.79 Å². The lowest BCUT2D eigenvalue weighted by Gasteiger charge is -2.41. The van der Waals surface area contributed by atoms with Gasteiger partial charge >= 0.3 is 5.97 Å². The van der Waals surface area contributed by atoms with E-state index in [9.17, 15) is 9.59 Å². The van der Waals surface area contributed by atoms with Gasteiger partial charge in [-0.2, -0.15) is 12.6 Å². The fourth-order valence-corrected chi connectivity index (χ4v) is 5.04. The zero-order chi connectivity index (χ0) is 21.8. The fraction of sp³-hybridized carbons (Fsp3) is 0.833. The Kier molecular flexibility index (Phi) is 8.84. The maximum absolute atomic E-state index is 12.5. The Balaban J connectivity index is 1.90. The van der Waals surface area contributed by atoms with Crippen molar-refractivity contribution in [3.8, 4) is 0 Å². The average Bonchev–Trinajstić information content (AvgIpc) is 2.62. The molecule has 0 saturated heterocycles. The lowest BCUT2D eigenvalue weighted by molar-refractivity contribution is -0.189. The molecule has 2 rings (SSSR count). The van der Waals surface area contributed by atoms with E-state index in [1.165, 1.54) is 0 Å². The predicted octanol–water partition coefficient (Wildman–Crippen LogP) is 5.40. The first-order valence-corrected chi connectivity index (χ1v) is 11.8. The van der Waals surface area contributed by atoms with Crippen LogP contribution in [0.3, 0.4) is 0 Å². The molecule has 2 aliphatic rings. The standard InChI is InChI=1S/C24H40O4S/c1-15(2)27-23(26)24(5,6)28-22-16(3)13-18(14-17(22)4)7-12-21(25)19-8-10-20(29)11-9-19/h7,12,15-20,22,29H,8-11,13-14H2,1-6H3/b12-7+. The SMILES string of the molecule is CC(C)OC(=O)C(C)(C)OC1C(C)CC(/C=C/C(=O)C2CCC(S)CC2)CC1C. The van der Waals surface area contributed by atoms with Crippen LogP contribution in [0.5, 0.6) is 0 Å². The van der Waals surface area contributed by atoms with Crippen LogP contribution < -0.4 is 0 Å². The van der Waals surface area contributed by atoms with E-state index in [0.717, 1.165) is 38.5 Å². The van der Waals surface area contributed by atoms with Gasteiger partial charge in [0.25, 0.3) is 0 Å². The number of ether oxygens (including phenoxy) is 2. The van der Waals surface area contributed by atoms with Crippen LogP contribution in [0.1, 0.15) is 80.1 Å². The molecule has 0 spiro atoms. The van der Waals surface area contributed by atoms with Gasteiger partial charge in [0.1, 0.15) is 0 Å². The normalized spacial score (nSPS) is 33.8. The Hall–Kier alpha value is -0.810. The van der Waals surface area contributed by atoms with Crippen LogP contribution in [-0.2, 0) is 19.1 Å². The summed E-state index contributed by atoms with van der Waals surface area (Å²) in [5.41, 5.74) is -0.956. The molecule has 4 nitrogen and oxygen atoms in total. The minimum atomic E-state index is -0.956. The van der Waals surface area contributed by atoms with Crippen molar-refractivity contribution in [2.24, 2.45) is 23.7 Å². The van der Waals surface area contributed by atoms with Crippen LogP contribution in [-0.4, -0.2) is 34.8 Å². The summed E-state index contributed by atoms with van der Waals surface area (Å²) in [7, 11) is 0. The summed E-state index contributed by atoms with van der Waals surface area (Å²) in [6, 6.07) is 0. The summed E-state index contributed by atoms with van der Waals surface area (Å²) in [6.07, 6.45) is 9.76. The first-order valence-electron chi connectivity index (χ1n) is 11.3. The predicted molar refractivity (Wildman–Crippen MR) is 120 cm³/mol. The molecule has 0 aromatic rings. The van der Waals surface area contributed by atoms with Gasteiger partial charge in [-0.3, -0.25) is 4.79 Å². The summed E-state index contributed by atoms with van der Waals surface area (Å²) >= 11 is 4.52. The molecular formula is C24H40O4S. The lowest BCUT2D eigenvalue weighted by Crippen LogP contribution is -2.46. The highest BCUT2D eigenvalue weighted by Gasteiger charge is 2.40. The van der Waals surface area contributed by atoms with Crippen molar-refractivity contribution in [1.29, 1.82) is 0 Å². The summed E-state index contributed by atoms with van der Waals surface area (Å²) in [6.45, 7) is 11.6. The van der Waals surface area contributed by atoms with Crippen LogP contribution in [0.15, 0.2) is 12.2 Å². The molecule has 29 heavy (non-hydrogen) atoms. The molecule has 0 aromatic heterocycles. The number of hydrogen-bond acceptors (Lipinski definition) is 5. The van der Waals surface area contributed by atoms with Crippen LogP contribution in [0.25, 0.3) is 0 Å². The second kappa shape index (κ2) is 10.5. The Morgan fingerprint density at radius 3 is 2.10 bits per heavy atom. The number of rotatable bonds is 7. The van der Waals surface area contributed by atoms with Crippen LogP contribution >= 0.6 is 12.6 Å². The van der Waals surface area contributed by atoms with Crippen molar-refractivity contribution in [3.05, 3.63) is 12.2 Å². The highest BCUT2D eigenvalue weighted by Crippen LogP contribution is 2.38. The Morgan fingerprint density at radius 2 is 1.59 bits per heavy atom. The van der Waals surface area contributed by atoms with Gasteiger partial charge in [-0.15, -0.1) is 0 Å². The summed E-state index contributed by atoms with van der Waals surface area (Å²) in [4.78, 5) is 24.9. The number of thiol groups is 1. The minimum absolute atomic E-state index is 0.00993. The third kappa shape index (κ3) is 7.13. The number of carbonyl (C=O) groups is 2. The zero-order valence-corrected chi connectivity index (χ0v) is 19.9. The zero-order valence-electron chi connectivity index (χ0n) is 19.0. The number of allylic oxidation sites excluding steroid dienone is 2. The molecule has 2 aliphatic carbocycles. The van der Waals surface area contributed by atoms with Gasteiger partial charge in [-0.1, -0.05) is 19.9 Å². The number of hydrogen-bond donors (Lipinski definition) is 1. The molecule has 2 fully saturated rings. The lowest BCUT2D eigenvalue weighted by atomic mass is 9.74. The van der Waals surface area contributed by atoms with Gasteiger partial charge in [0, 0.05) is 11.2 Å². The second-order valence-corrected chi connectivity index (χ2v) is 10.7. The van der Waals surface area contributed by atoms with E-state index >= 15 is 0 Å². The highest BCUT2D eigenvalue weighted by molar-refractivity contribution is 7.80. The topological polar surface area (TPSA) is 52.6 Å². The van der Waals surface area contributed by atoms with Crippen molar-refractivity contribution in [3.63, 3.8) is 0 Å². The van der Waals surface area contributed by atoms with Gasteiger partial charge in [0.2, 0.25) is 0 Å². The first kappa shape index (κ1) is 24.5. The molecule has 2 unspecified atom stereocenters. The van der Waals surface area contributed by atoms with E-state index in [1.807, 2.05) is 19.9 Å². The van der Waals surface area contributed by atoms with Gasteiger partial charge in [0.15, 0.2) is 11.4 Å². The molecule has 5 heteroatoms. The van der Waals surface area contributed by atoms with Crippen LogP contribution in [0.2, 0.25) is 0 Å². The monoisotopic (exact) mass is 424 g/mol. The van der Waals surface area contributed by atoms with Crippen molar-refractivity contribution in [2.45, 2.75) is 103 Å². The highest BCUT2D eigenvalue weighted by atomic mass is 32.1. The third-order valence-corrected chi connectivity index (χ3v) is 6.88. The molecule has 0 aliphatic heterocycles. The van der Waals surface area contributed by atoms with Crippen molar-refractivity contribution in [2.75, 3.05) is 0 Å². The van der Waals surface area contributed by atoms with E-state index in [-0.39, 0.29) is 29.9 Å². The molecule has 0 bridgehead atoms.